The number of benzene rings is 1. The molecule has 4 heterocycles. The van der Waals surface area contributed by atoms with Crippen LogP contribution in [0.3, 0.4) is 0 Å². The lowest BCUT2D eigenvalue weighted by Gasteiger charge is -2.17. The van der Waals surface area contributed by atoms with Crippen LogP contribution in [0.2, 0.25) is 5.02 Å². The first-order valence-corrected chi connectivity index (χ1v) is 13.9. The summed E-state index contributed by atoms with van der Waals surface area (Å²) in [5, 5.41) is 19.9. The number of sulfone groups is 1. The highest BCUT2D eigenvalue weighted by Crippen LogP contribution is 2.43. The highest BCUT2D eigenvalue weighted by Gasteiger charge is 2.60. The molecular formula is C24H15ClF5N9O3S. The summed E-state index contributed by atoms with van der Waals surface area (Å²) in [6, 6.07) is 8.83. The lowest BCUT2D eigenvalue weighted by Crippen LogP contribution is -2.34. The molecule has 19 heteroatoms. The van der Waals surface area contributed by atoms with Gasteiger partial charge in [0.25, 0.3) is 0 Å². The number of aryl methyl sites for hydroxylation is 1. The molecule has 0 aliphatic carbocycles. The van der Waals surface area contributed by atoms with E-state index in [9.17, 15) is 40.4 Å². The predicted octanol–water partition coefficient (Wildman–Crippen LogP) is 3.73. The third-order valence-electron chi connectivity index (χ3n) is 6.30. The zero-order valence-electron chi connectivity index (χ0n) is 21.7. The Morgan fingerprint density at radius 2 is 1.77 bits per heavy atom. The number of aromatic nitrogens is 8. The second-order valence-corrected chi connectivity index (χ2v) is 11.5. The Bertz CT molecular complexity index is 2130. The van der Waals surface area contributed by atoms with Crippen LogP contribution >= 0.6 is 11.6 Å². The smallest absolute Gasteiger partial charge is 0.309 e. The molecule has 1 aromatic carbocycles. The van der Waals surface area contributed by atoms with Gasteiger partial charge in [-0.1, -0.05) is 18.5 Å². The Hall–Kier alpha value is -4.76. The number of hydrogen-bond acceptors (Lipinski definition) is 9. The summed E-state index contributed by atoms with van der Waals surface area (Å²) >= 11 is 5.96. The van der Waals surface area contributed by atoms with Crippen molar-refractivity contribution in [1.82, 2.24) is 39.1 Å². The molecule has 0 aliphatic heterocycles. The summed E-state index contributed by atoms with van der Waals surface area (Å²) < 4.78 is 95.5. The maximum atomic E-state index is 13.9. The normalized spacial score (nSPS) is 12.5. The van der Waals surface area contributed by atoms with Crippen LogP contribution in [-0.2, 0) is 22.8 Å². The van der Waals surface area contributed by atoms with Crippen molar-refractivity contribution in [3.05, 3.63) is 69.5 Å². The zero-order chi connectivity index (χ0) is 31.5. The quantitative estimate of drug-likeness (QED) is 0.253. The highest BCUT2D eigenvalue weighted by atomic mass is 35.5. The van der Waals surface area contributed by atoms with Crippen molar-refractivity contribution in [3.63, 3.8) is 0 Å². The largest absolute Gasteiger partial charge is 0.459 e. The highest BCUT2D eigenvalue weighted by molar-refractivity contribution is 7.91. The maximum absolute atomic E-state index is 13.9. The fraction of sp³-hybridized carbons (Fsp3) is 0.208. The molecule has 0 atom stereocenters. The summed E-state index contributed by atoms with van der Waals surface area (Å²) in [6.45, 7) is 1.35. The van der Waals surface area contributed by atoms with Crippen molar-refractivity contribution in [2.24, 2.45) is 7.05 Å². The lowest BCUT2D eigenvalue weighted by atomic mass is 10.2. The van der Waals surface area contributed by atoms with E-state index in [4.69, 9.17) is 11.6 Å². The molecule has 5 rings (SSSR count). The molecule has 222 valence electrons. The molecule has 0 aliphatic rings. The number of imidazole rings is 1. The standard InChI is InChI=1S/C24H15ClF5N9O3S/c1-3-43(41,42)16-6-7-18(39-22(40)38(11-32-39)13-4-5-14(25)12(8-13)10-31)34-19(16)21-33-15-9-17(23(26,27)24(28,29)30)35-36-20(15)37(21)2/h4-9,11H,3H2,1-2H3. The number of nitrogens with zero attached hydrogens (tertiary/aromatic N) is 9. The Kier molecular flexibility index (Phi) is 7.05. The molecule has 0 bridgehead atoms. The van der Waals surface area contributed by atoms with Crippen LogP contribution in [0, 0.1) is 11.3 Å². The second kappa shape index (κ2) is 10.2. The minimum atomic E-state index is -5.95. The third kappa shape index (κ3) is 4.89. The summed E-state index contributed by atoms with van der Waals surface area (Å²) in [6.07, 6.45) is -4.83. The van der Waals surface area contributed by atoms with E-state index in [2.05, 4.69) is 25.3 Å². The van der Waals surface area contributed by atoms with E-state index >= 15 is 0 Å². The van der Waals surface area contributed by atoms with Crippen molar-refractivity contribution in [3.8, 4) is 29.1 Å². The van der Waals surface area contributed by atoms with E-state index in [-0.39, 0.29) is 49.9 Å². The average molecular weight is 640 g/mol. The van der Waals surface area contributed by atoms with Crippen molar-refractivity contribution in [2.75, 3.05) is 5.75 Å². The van der Waals surface area contributed by atoms with Gasteiger partial charge >= 0.3 is 17.8 Å². The van der Waals surface area contributed by atoms with Gasteiger partial charge in [-0.25, -0.2) is 27.7 Å². The van der Waals surface area contributed by atoms with Gasteiger partial charge in [0, 0.05) is 7.05 Å². The first-order valence-electron chi connectivity index (χ1n) is 11.9. The minimum Gasteiger partial charge on any atom is -0.309 e. The molecule has 5 aromatic rings. The Morgan fingerprint density at radius 1 is 1.05 bits per heavy atom. The number of hydrogen-bond donors (Lipinski definition) is 0. The molecule has 4 aromatic heterocycles. The first kappa shape index (κ1) is 29.7. The Labute approximate surface area is 242 Å². The van der Waals surface area contributed by atoms with E-state index < -0.39 is 38.8 Å². The molecule has 0 N–H and O–H groups in total. The number of pyridine rings is 1. The van der Waals surface area contributed by atoms with Crippen molar-refractivity contribution in [1.29, 1.82) is 5.26 Å². The van der Waals surface area contributed by atoms with E-state index in [1.54, 1.807) is 0 Å². The summed E-state index contributed by atoms with van der Waals surface area (Å²) in [4.78, 5) is 21.2. The molecule has 0 spiro atoms. The van der Waals surface area contributed by atoms with Gasteiger partial charge in [-0.15, -0.1) is 10.2 Å². The molecule has 43 heavy (non-hydrogen) atoms. The van der Waals surface area contributed by atoms with Crippen LogP contribution in [0.15, 0.2) is 52.4 Å². The summed E-state index contributed by atoms with van der Waals surface area (Å²) in [5.41, 5.74) is -3.21. The second-order valence-electron chi connectivity index (χ2n) is 8.90. The molecule has 0 amide bonds. The fourth-order valence-electron chi connectivity index (χ4n) is 4.00. The third-order valence-corrected chi connectivity index (χ3v) is 8.39. The number of alkyl halides is 5. The van der Waals surface area contributed by atoms with Gasteiger partial charge in [-0.2, -0.15) is 37.0 Å². The fourth-order valence-corrected chi connectivity index (χ4v) is 5.18. The van der Waals surface area contributed by atoms with E-state index in [0.717, 1.165) is 26.2 Å². The Morgan fingerprint density at radius 3 is 2.42 bits per heavy atom. The topological polar surface area (TPSA) is 154 Å². The average Bonchev–Trinajstić information content (AvgIpc) is 3.51. The van der Waals surface area contributed by atoms with Gasteiger partial charge in [-0.05, 0) is 36.4 Å². The van der Waals surface area contributed by atoms with Gasteiger partial charge < -0.3 is 4.57 Å². The predicted molar refractivity (Wildman–Crippen MR) is 140 cm³/mol. The SMILES string of the molecule is CCS(=O)(=O)c1ccc(-n2ncn(-c3ccc(Cl)c(C#N)c3)c2=O)nc1-c1nc2cc(C(F)(F)C(F)(F)F)nnc2n1C. The van der Waals surface area contributed by atoms with Gasteiger partial charge in [0.15, 0.2) is 27.1 Å². The summed E-state index contributed by atoms with van der Waals surface area (Å²) in [5.74, 6) is -6.20. The summed E-state index contributed by atoms with van der Waals surface area (Å²) in [7, 11) is -2.72. The molecular weight excluding hydrogens is 625 g/mol. The van der Waals surface area contributed by atoms with Crippen LogP contribution < -0.4 is 5.69 Å². The number of nitriles is 1. The van der Waals surface area contributed by atoms with Crippen molar-refractivity contribution in [2.45, 2.75) is 23.9 Å². The molecule has 0 unspecified atom stereocenters. The van der Waals surface area contributed by atoms with Crippen LogP contribution in [0.25, 0.3) is 34.2 Å². The molecule has 0 fully saturated rings. The van der Waals surface area contributed by atoms with Crippen LogP contribution in [0.4, 0.5) is 22.0 Å². The van der Waals surface area contributed by atoms with Crippen molar-refractivity contribution < 1.29 is 30.4 Å². The lowest BCUT2D eigenvalue weighted by molar-refractivity contribution is -0.291. The number of halogens is 6. The number of fused-ring (bicyclic) bond motifs is 1. The van der Waals surface area contributed by atoms with Crippen LogP contribution in [-0.4, -0.2) is 59.4 Å². The van der Waals surface area contributed by atoms with E-state index in [1.165, 1.54) is 38.2 Å². The first-order chi connectivity index (χ1) is 20.1. The molecule has 0 saturated carbocycles. The minimum absolute atomic E-state index is 0.0921. The van der Waals surface area contributed by atoms with Crippen LogP contribution in [0.5, 0.6) is 0 Å². The van der Waals surface area contributed by atoms with Gasteiger partial charge in [0.2, 0.25) is 0 Å². The maximum Gasteiger partial charge on any atom is 0.459 e. The molecule has 0 saturated heterocycles. The van der Waals surface area contributed by atoms with Gasteiger partial charge in [0.05, 0.1) is 26.9 Å². The van der Waals surface area contributed by atoms with Gasteiger partial charge in [-0.3, -0.25) is 0 Å². The van der Waals surface area contributed by atoms with E-state index in [1.807, 2.05) is 6.07 Å². The van der Waals surface area contributed by atoms with Gasteiger partial charge in [0.1, 0.15) is 29.3 Å². The number of rotatable bonds is 6. The molecule has 12 nitrogen and oxygen atoms in total. The van der Waals surface area contributed by atoms with Crippen molar-refractivity contribution >= 4 is 32.6 Å². The molecule has 0 radical (unpaired) electrons. The van der Waals surface area contributed by atoms with E-state index in [0.29, 0.717) is 6.07 Å². The zero-order valence-corrected chi connectivity index (χ0v) is 23.2. The van der Waals surface area contributed by atoms with Crippen LogP contribution in [0.1, 0.15) is 18.2 Å². The Balaban J connectivity index is 1.70. The monoisotopic (exact) mass is 639 g/mol.